The van der Waals surface area contributed by atoms with Crippen molar-refractivity contribution < 1.29 is 9.90 Å². The molecule has 0 radical (unpaired) electrons. The van der Waals surface area contributed by atoms with Gasteiger partial charge in [0.15, 0.2) is 0 Å². The molecule has 1 aromatic rings. The Bertz CT molecular complexity index is 586. The number of piperidine rings is 1. The van der Waals surface area contributed by atoms with Gasteiger partial charge in [0.05, 0.1) is 5.60 Å². The van der Waals surface area contributed by atoms with Crippen LogP contribution < -0.4 is 0 Å². The Balaban J connectivity index is 1.65. The van der Waals surface area contributed by atoms with Gasteiger partial charge in [0, 0.05) is 30.1 Å². The van der Waals surface area contributed by atoms with Gasteiger partial charge in [-0.2, -0.15) is 0 Å². The number of carbonyl (C=O) groups excluding carboxylic acids is 1. The molecule has 3 nitrogen and oxygen atoms in total. The number of amides is 1. The molecular weight excluding hydrogens is 298 g/mol. The zero-order chi connectivity index (χ0) is 15.6. The molecule has 1 saturated carbocycles. The van der Waals surface area contributed by atoms with Gasteiger partial charge in [0.2, 0.25) is 5.91 Å². The lowest BCUT2D eigenvalue weighted by Gasteiger charge is -2.47. The van der Waals surface area contributed by atoms with Crippen molar-refractivity contribution in [1.82, 2.24) is 4.90 Å². The van der Waals surface area contributed by atoms with Crippen molar-refractivity contribution in [1.29, 1.82) is 0 Å². The summed E-state index contributed by atoms with van der Waals surface area (Å²) in [6, 6.07) is 7.48. The SMILES string of the molecule is O=C(/C=C/c1ccccc1Cl)N1CCC2(O)CCCCC2C1. The average molecular weight is 320 g/mol. The first-order chi connectivity index (χ1) is 10.6. The Labute approximate surface area is 136 Å². The lowest BCUT2D eigenvalue weighted by atomic mass is 9.71. The van der Waals surface area contributed by atoms with Crippen LogP contribution in [-0.2, 0) is 4.79 Å². The summed E-state index contributed by atoms with van der Waals surface area (Å²) >= 11 is 6.09. The van der Waals surface area contributed by atoms with E-state index in [4.69, 9.17) is 11.6 Å². The number of aliphatic hydroxyl groups is 1. The fourth-order valence-corrected chi connectivity index (χ4v) is 3.85. The number of nitrogens with zero attached hydrogens (tertiary/aromatic N) is 1. The normalized spacial score (nSPS) is 28.6. The van der Waals surface area contributed by atoms with E-state index in [0.29, 0.717) is 24.5 Å². The molecule has 1 heterocycles. The van der Waals surface area contributed by atoms with E-state index in [2.05, 4.69) is 0 Å². The zero-order valence-corrected chi connectivity index (χ0v) is 13.4. The van der Waals surface area contributed by atoms with E-state index < -0.39 is 5.60 Å². The summed E-state index contributed by atoms with van der Waals surface area (Å²) in [6.45, 7) is 1.31. The molecular formula is C18H22ClNO2. The molecule has 3 rings (SSSR count). The van der Waals surface area contributed by atoms with Crippen molar-refractivity contribution in [2.75, 3.05) is 13.1 Å². The van der Waals surface area contributed by atoms with Crippen LogP contribution in [0.5, 0.6) is 0 Å². The number of rotatable bonds is 2. The van der Waals surface area contributed by atoms with E-state index in [1.807, 2.05) is 29.2 Å². The smallest absolute Gasteiger partial charge is 0.246 e. The summed E-state index contributed by atoms with van der Waals surface area (Å²) in [4.78, 5) is 14.2. The summed E-state index contributed by atoms with van der Waals surface area (Å²) < 4.78 is 0. The highest BCUT2D eigenvalue weighted by molar-refractivity contribution is 6.32. The first kappa shape index (κ1) is 15.6. The molecule has 2 fully saturated rings. The molecule has 0 bridgehead atoms. The maximum absolute atomic E-state index is 12.4. The second-order valence-corrected chi connectivity index (χ2v) is 6.84. The Morgan fingerprint density at radius 2 is 2.14 bits per heavy atom. The van der Waals surface area contributed by atoms with Gasteiger partial charge in [-0.15, -0.1) is 0 Å². The molecule has 1 saturated heterocycles. The number of likely N-dealkylation sites (tertiary alicyclic amines) is 1. The van der Waals surface area contributed by atoms with Crippen LogP contribution in [0.2, 0.25) is 5.02 Å². The van der Waals surface area contributed by atoms with Crippen LogP contribution in [0.4, 0.5) is 0 Å². The van der Waals surface area contributed by atoms with Gasteiger partial charge in [0.1, 0.15) is 0 Å². The fraction of sp³-hybridized carbons (Fsp3) is 0.500. The third kappa shape index (κ3) is 3.21. The minimum atomic E-state index is -0.540. The lowest BCUT2D eigenvalue weighted by molar-refractivity contribution is -0.138. The molecule has 2 atom stereocenters. The first-order valence-electron chi connectivity index (χ1n) is 8.02. The van der Waals surface area contributed by atoms with Crippen LogP contribution in [0.1, 0.15) is 37.7 Å². The maximum Gasteiger partial charge on any atom is 0.246 e. The van der Waals surface area contributed by atoms with Crippen molar-refractivity contribution >= 4 is 23.6 Å². The van der Waals surface area contributed by atoms with Crippen LogP contribution in [0.15, 0.2) is 30.3 Å². The summed E-state index contributed by atoms with van der Waals surface area (Å²) in [7, 11) is 0. The summed E-state index contributed by atoms with van der Waals surface area (Å²) in [5.41, 5.74) is 0.310. The Hall–Kier alpha value is -1.32. The largest absolute Gasteiger partial charge is 0.389 e. The van der Waals surface area contributed by atoms with Gasteiger partial charge >= 0.3 is 0 Å². The van der Waals surface area contributed by atoms with Gasteiger partial charge in [0.25, 0.3) is 0 Å². The van der Waals surface area contributed by atoms with E-state index >= 15 is 0 Å². The molecule has 2 aliphatic rings. The predicted molar refractivity (Wildman–Crippen MR) is 88.6 cm³/mol. The topological polar surface area (TPSA) is 40.5 Å². The summed E-state index contributed by atoms with van der Waals surface area (Å²) in [6.07, 6.45) is 8.23. The fourth-order valence-electron chi connectivity index (χ4n) is 3.65. The van der Waals surface area contributed by atoms with E-state index in [0.717, 1.165) is 31.2 Å². The zero-order valence-electron chi connectivity index (χ0n) is 12.7. The molecule has 118 valence electrons. The highest BCUT2D eigenvalue weighted by Gasteiger charge is 2.43. The van der Waals surface area contributed by atoms with E-state index in [1.165, 1.54) is 0 Å². The Morgan fingerprint density at radius 3 is 2.95 bits per heavy atom. The number of hydrogen-bond acceptors (Lipinski definition) is 2. The number of fused-ring (bicyclic) bond motifs is 1. The van der Waals surface area contributed by atoms with E-state index in [1.54, 1.807) is 12.2 Å². The molecule has 22 heavy (non-hydrogen) atoms. The quantitative estimate of drug-likeness (QED) is 0.847. The monoisotopic (exact) mass is 319 g/mol. The highest BCUT2D eigenvalue weighted by atomic mass is 35.5. The number of benzene rings is 1. The third-order valence-electron chi connectivity index (χ3n) is 5.05. The summed E-state index contributed by atoms with van der Waals surface area (Å²) in [5, 5.41) is 11.3. The van der Waals surface area contributed by atoms with Crippen molar-refractivity contribution in [2.45, 2.75) is 37.7 Å². The predicted octanol–water partition coefficient (Wildman–Crippen LogP) is 3.51. The van der Waals surface area contributed by atoms with Crippen LogP contribution in [0.25, 0.3) is 6.08 Å². The third-order valence-corrected chi connectivity index (χ3v) is 5.39. The molecule has 1 amide bonds. The van der Waals surface area contributed by atoms with E-state index in [9.17, 15) is 9.90 Å². The number of carbonyl (C=O) groups is 1. The second-order valence-electron chi connectivity index (χ2n) is 6.44. The number of halogens is 1. The van der Waals surface area contributed by atoms with Gasteiger partial charge in [-0.1, -0.05) is 42.6 Å². The second kappa shape index (κ2) is 6.43. The molecule has 0 aromatic heterocycles. The van der Waals surface area contributed by atoms with Crippen LogP contribution >= 0.6 is 11.6 Å². The molecule has 1 aromatic carbocycles. The molecule has 2 unspecified atom stereocenters. The Morgan fingerprint density at radius 1 is 1.32 bits per heavy atom. The van der Waals surface area contributed by atoms with Crippen LogP contribution in [-0.4, -0.2) is 34.6 Å². The minimum absolute atomic E-state index is 0.00698. The van der Waals surface area contributed by atoms with Crippen molar-refractivity contribution in [3.05, 3.63) is 40.9 Å². The van der Waals surface area contributed by atoms with Gasteiger partial charge in [-0.25, -0.2) is 0 Å². The molecule has 1 N–H and O–H groups in total. The molecule has 1 aliphatic heterocycles. The Kier molecular flexibility index (Phi) is 4.55. The first-order valence-corrected chi connectivity index (χ1v) is 8.40. The van der Waals surface area contributed by atoms with Gasteiger partial charge < -0.3 is 10.0 Å². The molecule has 1 aliphatic carbocycles. The molecule has 4 heteroatoms. The van der Waals surface area contributed by atoms with Gasteiger partial charge in [-0.3, -0.25) is 4.79 Å². The van der Waals surface area contributed by atoms with Crippen molar-refractivity contribution in [3.63, 3.8) is 0 Å². The van der Waals surface area contributed by atoms with Crippen molar-refractivity contribution in [2.24, 2.45) is 5.92 Å². The number of hydrogen-bond donors (Lipinski definition) is 1. The molecule has 0 spiro atoms. The highest BCUT2D eigenvalue weighted by Crippen LogP contribution is 2.39. The lowest BCUT2D eigenvalue weighted by Crippen LogP contribution is -2.54. The maximum atomic E-state index is 12.4. The van der Waals surface area contributed by atoms with Crippen LogP contribution in [0.3, 0.4) is 0 Å². The minimum Gasteiger partial charge on any atom is -0.389 e. The van der Waals surface area contributed by atoms with Crippen LogP contribution in [0, 0.1) is 5.92 Å². The van der Waals surface area contributed by atoms with Crippen molar-refractivity contribution in [3.8, 4) is 0 Å². The van der Waals surface area contributed by atoms with Gasteiger partial charge in [-0.05, 0) is 37.0 Å². The average Bonchev–Trinajstić information content (AvgIpc) is 2.53. The summed E-state index contributed by atoms with van der Waals surface area (Å²) in [5.74, 6) is 0.236. The van der Waals surface area contributed by atoms with E-state index in [-0.39, 0.29) is 11.8 Å². The standard InChI is InChI=1S/C18H22ClNO2/c19-16-7-2-1-5-14(16)8-9-17(21)20-12-11-18(22)10-4-3-6-15(18)13-20/h1-2,5,7-9,15,22H,3-4,6,10-13H2/b9-8+.